The smallest absolute Gasteiger partial charge is 0.327 e. The fourth-order valence-corrected chi connectivity index (χ4v) is 4.31. The molecule has 120 valence electrons. The number of thioether (sulfide) groups is 1. The zero-order valence-corrected chi connectivity index (χ0v) is 13.6. The Morgan fingerprint density at radius 1 is 1.19 bits per heavy atom. The average Bonchev–Trinajstić information content (AvgIpc) is 2.91. The third-order valence-corrected chi connectivity index (χ3v) is 5.58. The molecule has 2 heterocycles. The number of carbonyl (C=O) groups excluding carboxylic acids is 1. The molecule has 6 nitrogen and oxygen atoms in total. The predicted molar refractivity (Wildman–Crippen MR) is 83.5 cm³/mol. The van der Waals surface area contributed by atoms with Gasteiger partial charge in [0.1, 0.15) is 6.04 Å². The van der Waals surface area contributed by atoms with Crippen LogP contribution in [0, 0.1) is 0 Å². The molecule has 2 amide bonds. The molecular formula is C14H25N3O3S. The number of aliphatic carboxylic acids is 1. The number of hydrogen-bond acceptors (Lipinski definition) is 4. The largest absolute Gasteiger partial charge is 0.480 e. The van der Waals surface area contributed by atoms with Crippen LogP contribution in [0.1, 0.15) is 26.7 Å². The van der Waals surface area contributed by atoms with Gasteiger partial charge in [0, 0.05) is 31.9 Å². The second-order valence-corrected chi connectivity index (χ2v) is 6.78. The molecule has 2 aliphatic heterocycles. The van der Waals surface area contributed by atoms with E-state index in [-0.39, 0.29) is 11.4 Å². The lowest BCUT2D eigenvalue weighted by atomic mass is 10.2. The third-order valence-electron chi connectivity index (χ3n) is 4.13. The standard InChI is InChI=1S/C14H25N3O3S/c1-3-5-15-6-8-16(9-7-15)14(20)17-11(13(18)19)10-21-12(17)4-2/h11-12H,3-10H2,1-2H3,(H,18,19). The fraction of sp³-hybridized carbons (Fsp3) is 0.857. The van der Waals surface area contributed by atoms with Crippen LogP contribution in [0.15, 0.2) is 0 Å². The zero-order valence-electron chi connectivity index (χ0n) is 12.8. The van der Waals surface area contributed by atoms with Gasteiger partial charge in [0.15, 0.2) is 0 Å². The number of nitrogens with zero attached hydrogens (tertiary/aromatic N) is 3. The van der Waals surface area contributed by atoms with Gasteiger partial charge in [-0.1, -0.05) is 13.8 Å². The van der Waals surface area contributed by atoms with Gasteiger partial charge in [0.2, 0.25) is 0 Å². The Balaban J connectivity index is 1.99. The van der Waals surface area contributed by atoms with Gasteiger partial charge in [0.25, 0.3) is 0 Å². The highest BCUT2D eigenvalue weighted by Crippen LogP contribution is 2.32. The van der Waals surface area contributed by atoms with Gasteiger partial charge in [-0.25, -0.2) is 9.59 Å². The highest BCUT2D eigenvalue weighted by atomic mass is 32.2. The Labute approximate surface area is 130 Å². The number of amides is 2. The summed E-state index contributed by atoms with van der Waals surface area (Å²) in [7, 11) is 0. The minimum absolute atomic E-state index is 0.00716. The Morgan fingerprint density at radius 2 is 1.86 bits per heavy atom. The summed E-state index contributed by atoms with van der Waals surface area (Å²) in [6, 6.07) is -0.781. The summed E-state index contributed by atoms with van der Waals surface area (Å²) in [5.74, 6) is -0.397. The van der Waals surface area contributed by atoms with Crippen LogP contribution in [0.2, 0.25) is 0 Å². The first-order valence-electron chi connectivity index (χ1n) is 7.72. The monoisotopic (exact) mass is 315 g/mol. The molecule has 0 aromatic rings. The van der Waals surface area contributed by atoms with Gasteiger partial charge in [-0.3, -0.25) is 9.80 Å². The second-order valence-electron chi connectivity index (χ2n) is 5.57. The molecule has 0 bridgehead atoms. The average molecular weight is 315 g/mol. The molecule has 2 unspecified atom stereocenters. The number of hydrogen-bond donors (Lipinski definition) is 1. The molecule has 0 saturated carbocycles. The van der Waals surface area contributed by atoms with Crippen molar-refractivity contribution >= 4 is 23.8 Å². The summed E-state index contributed by atoms with van der Waals surface area (Å²) in [6.07, 6.45) is 1.91. The molecule has 0 aliphatic carbocycles. The number of carboxylic acid groups (broad SMARTS) is 1. The van der Waals surface area contributed by atoms with E-state index in [1.807, 2.05) is 11.8 Å². The maximum Gasteiger partial charge on any atom is 0.327 e. The Morgan fingerprint density at radius 3 is 2.38 bits per heavy atom. The van der Waals surface area contributed by atoms with E-state index in [9.17, 15) is 14.7 Å². The van der Waals surface area contributed by atoms with Crippen molar-refractivity contribution in [1.29, 1.82) is 0 Å². The second kappa shape index (κ2) is 7.35. The van der Waals surface area contributed by atoms with Crippen LogP contribution in [0.5, 0.6) is 0 Å². The van der Waals surface area contributed by atoms with Crippen LogP contribution in [-0.2, 0) is 4.79 Å². The minimum atomic E-state index is -0.892. The van der Waals surface area contributed by atoms with E-state index < -0.39 is 12.0 Å². The minimum Gasteiger partial charge on any atom is -0.480 e. The lowest BCUT2D eigenvalue weighted by molar-refractivity contribution is -0.141. The van der Waals surface area contributed by atoms with E-state index >= 15 is 0 Å². The lowest BCUT2D eigenvalue weighted by Gasteiger charge is -2.38. The molecule has 0 radical (unpaired) electrons. The molecule has 0 aromatic heterocycles. The molecule has 0 spiro atoms. The third kappa shape index (κ3) is 3.63. The summed E-state index contributed by atoms with van der Waals surface area (Å²) in [6.45, 7) is 8.39. The summed E-state index contributed by atoms with van der Waals surface area (Å²) < 4.78 is 0. The van der Waals surface area contributed by atoms with Crippen molar-refractivity contribution < 1.29 is 14.7 Å². The van der Waals surface area contributed by atoms with Gasteiger partial charge in [0.05, 0.1) is 5.37 Å². The number of piperazine rings is 1. The van der Waals surface area contributed by atoms with E-state index in [1.165, 1.54) is 0 Å². The van der Waals surface area contributed by atoms with Crippen molar-refractivity contribution in [3.8, 4) is 0 Å². The van der Waals surface area contributed by atoms with Crippen molar-refractivity contribution in [2.24, 2.45) is 0 Å². The van der Waals surface area contributed by atoms with E-state index in [0.29, 0.717) is 18.8 Å². The van der Waals surface area contributed by atoms with E-state index in [0.717, 1.165) is 32.5 Å². The topological polar surface area (TPSA) is 64.1 Å². The Kier molecular flexibility index (Phi) is 5.75. The molecule has 1 N–H and O–H groups in total. The van der Waals surface area contributed by atoms with Crippen LogP contribution >= 0.6 is 11.8 Å². The van der Waals surface area contributed by atoms with Gasteiger partial charge in [-0.05, 0) is 19.4 Å². The van der Waals surface area contributed by atoms with Gasteiger partial charge < -0.3 is 10.0 Å². The van der Waals surface area contributed by atoms with Crippen LogP contribution in [-0.4, -0.2) is 81.7 Å². The highest BCUT2D eigenvalue weighted by Gasteiger charge is 2.42. The SMILES string of the molecule is CCCN1CCN(C(=O)N2C(CC)SCC2C(=O)O)CC1. The van der Waals surface area contributed by atoms with E-state index in [1.54, 1.807) is 16.7 Å². The summed E-state index contributed by atoms with van der Waals surface area (Å²) in [5, 5.41) is 9.32. The maximum absolute atomic E-state index is 12.7. The van der Waals surface area contributed by atoms with E-state index in [4.69, 9.17) is 0 Å². The summed E-state index contributed by atoms with van der Waals surface area (Å²) >= 11 is 1.58. The van der Waals surface area contributed by atoms with Crippen LogP contribution in [0.4, 0.5) is 4.79 Å². The van der Waals surface area contributed by atoms with Crippen molar-refractivity contribution in [3.63, 3.8) is 0 Å². The number of carbonyl (C=O) groups is 2. The summed E-state index contributed by atoms with van der Waals surface area (Å²) in [4.78, 5) is 29.8. The molecule has 7 heteroatoms. The maximum atomic E-state index is 12.7. The van der Waals surface area contributed by atoms with Gasteiger partial charge in [-0.15, -0.1) is 11.8 Å². The Hall–Kier alpha value is -0.950. The van der Waals surface area contributed by atoms with Crippen LogP contribution in [0.25, 0.3) is 0 Å². The first kappa shape index (κ1) is 16.4. The van der Waals surface area contributed by atoms with Crippen molar-refractivity contribution in [1.82, 2.24) is 14.7 Å². The first-order chi connectivity index (χ1) is 10.1. The first-order valence-corrected chi connectivity index (χ1v) is 8.77. The molecule has 2 saturated heterocycles. The zero-order chi connectivity index (χ0) is 15.4. The van der Waals surface area contributed by atoms with Gasteiger partial charge in [-0.2, -0.15) is 0 Å². The number of rotatable bonds is 4. The Bertz CT molecular complexity index is 386. The molecule has 2 aliphatic rings. The quantitative estimate of drug-likeness (QED) is 0.849. The van der Waals surface area contributed by atoms with Crippen LogP contribution in [0.3, 0.4) is 0 Å². The van der Waals surface area contributed by atoms with Crippen LogP contribution < -0.4 is 0 Å². The van der Waals surface area contributed by atoms with E-state index in [2.05, 4.69) is 11.8 Å². The van der Waals surface area contributed by atoms with Gasteiger partial charge >= 0.3 is 12.0 Å². The highest BCUT2D eigenvalue weighted by molar-refractivity contribution is 8.00. The molecule has 21 heavy (non-hydrogen) atoms. The summed E-state index contributed by atoms with van der Waals surface area (Å²) in [5.41, 5.74) is 0. The van der Waals surface area contributed by atoms with Crippen molar-refractivity contribution in [2.75, 3.05) is 38.5 Å². The normalized spacial score (nSPS) is 27.1. The molecule has 2 rings (SSSR count). The molecule has 0 aromatic carbocycles. The predicted octanol–water partition coefficient (Wildman–Crippen LogP) is 1.37. The molecule has 2 atom stereocenters. The number of carboxylic acids is 1. The van der Waals surface area contributed by atoms with Crippen molar-refractivity contribution in [2.45, 2.75) is 38.1 Å². The molecule has 2 fully saturated rings. The lowest BCUT2D eigenvalue weighted by Crippen LogP contribution is -2.56. The number of urea groups is 1. The fourth-order valence-electron chi connectivity index (χ4n) is 2.97. The van der Waals surface area contributed by atoms with Crippen molar-refractivity contribution in [3.05, 3.63) is 0 Å². The molecular weight excluding hydrogens is 290 g/mol.